The highest BCUT2D eigenvalue weighted by Gasteiger charge is 2.05. The lowest BCUT2D eigenvalue weighted by atomic mass is 10.4. The molecule has 2 aromatic heterocycles. The van der Waals surface area contributed by atoms with E-state index in [0.717, 1.165) is 24.6 Å². The SMILES string of the molecule is CCCNc1cc(-n2ccnc2)nc(COC)n1. The molecule has 6 nitrogen and oxygen atoms in total. The maximum Gasteiger partial charge on any atom is 0.158 e. The van der Waals surface area contributed by atoms with Crippen molar-refractivity contribution in [2.24, 2.45) is 0 Å². The zero-order chi connectivity index (χ0) is 12.8. The average Bonchev–Trinajstić information content (AvgIpc) is 2.90. The highest BCUT2D eigenvalue weighted by Crippen LogP contribution is 2.11. The Balaban J connectivity index is 2.30. The summed E-state index contributed by atoms with van der Waals surface area (Å²) in [7, 11) is 1.63. The largest absolute Gasteiger partial charge is 0.377 e. The molecule has 2 rings (SSSR count). The summed E-state index contributed by atoms with van der Waals surface area (Å²) in [6.07, 6.45) is 6.33. The van der Waals surface area contributed by atoms with E-state index >= 15 is 0 Å². The first-order valence-electron chi connectivity index (χ1n) is 5.92. The number of aromatic nitrogens is 4. The molecule has 6 heteroatoms. The Bertz CT molecular complexity index is 483. The first kappa shape index (κ1) is 12.5. The standard InChI is InChI=1S/C12H17N5O/c1-3-4-14-10-7-12(17-6-5-13-9-17)16-11(15-10)8-18-2/h5-7,9H,3-4,8H2,1-2H3,(H,14,15,16). The summed E-state index contributed by atoms with van der Waals surface area (Å²) in [4.78, 5) is 12.8. The number of imidazole rings is 1. The van der Waals surface area contributed by atoms with Crippen LogP contribution in [0.4, 0.5) is 5.82 Å². The van der Waals surface area contributed by atoms with E-state index in [9.17, 15) is 0 Å². The Labute approximate surface area is 106 Å². The molecule has 0 bridgehead atoms. The van der Waals surface area contributed by atoms with Crippen molar-refractivity contribution in [2.75, 3.05) is 19.0 Å². The normalized spacial score (nSPS) is 10.6. The van der Waals surface area contributed by atoms with Crippen LogP contribution in [0.25, 0.3) is 5.82 Å². The van der Waals surface area contributed by atoms with Gasteiger partial charge in [-0.2, -0.15) is 0 Å². The molecule has 18 heavy (non-hydrogen) atoms. The molecular formula is C12H17N5O. The predicted molar refractivity (Wildman–Crippen MR) is 68.6 cm³/mol. The van der Waals surface area contributed by atoms with Gasteiger partial charge >= 0.3 is 0 Å². The van der Waals surface area contributed by atoms with Crippen LogP contribution in [0.5, 0.6) is 0 Å². The number of anilines is 1. The van der Waals surface area contributed by atoms with Gasteiger partial charge in [0.25, 0.3) is 0 Å². The Morgan fingerprint density at radius 3 is 2.94 bits per heavy atom. The van der Waals surface area contributed by atoms with Crippen molar-refractivity contribution < 1.29 is 4.74 Å². The van der Waals surface area contributed by atoms with Crippen LogP contribution >= 0.6 is 0 Å². The fourth-order valence-electron chi connectivity index (χ4n) is 1.55. The smallest absolute Gasteiger partial charge is 0.158 e. The highest BCUT2D eigenvalue weighted by atomic mass is 16.5. The summed E-state index contributed by atoms with van der Waals surface area (Å²) < 4.78 is 6.93. The first-order chi connectivity index (χ1) is 8.83. The van der Waals surface area contributed by atoms with E-state index in [1.807, 2.05) is 16.8 Å². The molecule has 0 aromatic carbocycles. The van der Waals surface area contributed by atoms with Gasteiger partial charge in [0.15, 0.2) is 5.82 Å². The van der Waals surface area contributed by atoms with Crippen molar-refractivity contribution in [3.05, 3.63) is 30.6 Å². The number of rotatable bonds is 6. The third-order valence-electron chi connectivity index (χ3n) is 2.36. The van der Waals surface area contributed by atoms with Crippen LogP contribution < -0.4 is 5.32 Å². The summed E-state index contributed by atoms with van der Waals surface area (Å²) in [5, 5.41) is 3.26. The lowest BCUT2D eigenvalue weighted by Gasteiger charge is -2.09. The molecule has 0 radical (unpaired) electrons. The van der Waals surface area contributed by atoms with Crippen molar-refractivity contribution in [3.8, 4) is 5.82 Å². The van der Waals surface area contributed by atoms with Crippen LogP contribution in [0.1, 0.15) is 19.2 Å². The van der Waals surface area contributed by atoms with Gasteiger partial charge in [-0.05, 0) is 6.42 Å². The van der Waals surface area contributed by atoms with Gasteiger partial charge in [0.1, 0.15) is 24.6 Å². The van der Waals surface area contributed by atoms with Crippen LogP contribution in [-0.2, 0) is 11.3 Å². The number of nitrogens with zero attached hydrogens (tertiary/aromatic N) is 4. The second-order valence-corrected chi connectivity index (χ2v) is 3.86. The Morgan fingerprint density at radius 2 is 2.28 bits per heavy atom. The quantitative estimate of drug-likeness (QED) is 0.840. The fourth-order valence-corrected chi connectivity index (χ4v) is 1.55. The maximum atomic E-state index is 5.08. The van der Waals surface area contributed by atoms with Crippen LogP contribution in [0.15, 0.2) is 24.8 Å². The average molecular weight is 247 g/mol. The van der Waals surface area contributed by atoms with E-state index in [0.29, 0.717) is 12.4 Å². The van der Waals surface area contributed by atoms with Gasteiger partial charge in [-0.3, -0.25) is 4.57 Å². The molecule has 0 unspecified atom stereocenters. The first-order valence-corrected chi connectivity index (χ1v) is 5.92. The van der Waals surface area contributed by atoms with Gasteiger partial charge in [0, 0.05) is 32.1 Å². The van der Waals surface area contributed by atoms with Gasteiger partial charge in [-0.15, -0.1) is 0 Å². The van der Waals surface area contributed by atoms with Crippen LogP contribution in [0, 0.1) is 0 Å². The van der Waals surface area contributed by atoms with E-state index < -0.39 is 0 Å². The molecule has 0 aliphatic rings. The number of hydrogen-bond acceptors (Lipinski definition) is 5. The second-order valence-electron chi connectivity index (χ2n) is 3.86. The van der Waals surface area contributed by atoms with Crippen LogP contribution in [0.3, 0.4) is 0 Å². The van der Waals surface area contributed by atoms with Gasteiger partial charge in [-0.1, -0.05) is 6.92 Å². The molecule has 1 N–H and O–H groups in total. The fraction of sp³-hybridized carbons (Fsp3) is 0.417. The molecule has 96 valence electrons. The molecule has 0 fully saturated rings. The summed E-state index contributed by atoms with van der Waals surface area (Å²) in [6, 6.07) is 1.90. The molecule has 0 amide bonds. The number of hydrogen-bond donors (Lipinski definition) is 1. The highest BCUT2D eigenvalue weighted by molar-refractivity contribution is 5.41. The van der Waals surface area contributed by atoms with Crippen molar-refractivity contribution in [3.63, 3.8) is 0 Å². The third-order valence-corrected chi connectivity index (χ3v) is 2.36. The monoisotopic (exact) mass is 247 g/mol. The zero-order valence-corrected chi connectivity index (χ0v) is 10.6. The van der Waals surface area contributed by atoms with Gasteiger partial charge < -0.3 is 10.1 Å². The third kappa shape index (κ3) is 3.04. The molecular weight excluding hydrogens is 230 g/mol. The van der Waals surface area contributed by atoms with Crippen molar-refractivity contribution >= 4 is 5.82 Å². The summed E-state index contributed by atoms with van der Waals surface area (Å²) in [5.74, 6) is 2.25. The van der Waals surface area contributed by atoms with E-state index in [-0.39, 0.29) is 0 Å². The minimum Gasteiger partial charge on any atom is -0.377 e. The molecule has 2 heterocycles. The zero-order valence-electron chi connectivity index (χ0n) is 10.6. The lowest BCUT2D eigenvalue weighted by molar-refractivity contribution is 0.178. The van der Waals surface area contributed by atoms with Gasteiger partial charge in [0.05, 0.1) is 0 Å². The van der Waals surface area contributed by atoms with Crippen molar-refractivity contribution in [1.82, 2.24) is 19.5 Å². The van der Waals surface area contributed by atoms with Crippen molar-refractivity contribution in [2.45, 2.75) is 20.0 Å². The minimum atomic E-state index is 0.392. The Morgan fingerprint density at radius 1 is 1.39 bits per heavy atom. The number of methoxy groups -OCH3 is 1. The molecule has 0 atom stereocenters. The topological polar surface area (TPSA) is 64.9 Å². The van der Waals surface area contributed by atoms with Gasteiger partial charge in [0.2, 0.25) is 0 Å². The summed E-state index contributed by atoms with van der Waals surface area (Å²) in [5.41, 5.74) is 0. The Hall–Kier alpha value is -1.95. The molecule has 0 aliphatic heterocycles. The van der Waals surface area contributed by atoms with E-state index in [4.69, 9.17) is 4.74 Å². The number of nitrogens with one attached hydrogen (secondary N) is 1. The second kappa shape index (κ2) is 6.11. The molecule has 0 saturated heterocycles. The van der Waals surface area contributed by atoms with Crippen LogP contribution in [0.2, 0.25) is 0 Å². The summed E-state index contributed by atoms with van der Waals surface area (Å²) in [6.45, 7) is 3.39. The molecule has 2 aromatic rings. The van der Waals surface area contributed by atoms with E-state index in [2.05, 4.69) is 27.2 Å². The Kier molecular flexibility index (Phi) is 4.25. The maximum absolute atomic E-state index is 5.08. The summed E-state index contributed by atoms with van der Waals surface area (Å²) >= 11 is 0. The molecule has 0 spiro atoms. The van der Waals surface area contributed by atoms with E-state index in [1.54, 1.807) is 19.6 Å². The molecule has 0 saturated carbocycles. The van der Waals surface area contributed by atoms with Crippen LogP contribution in [-0.4, -0.2) is 33.2 Å². The minimum absolute atomic E-state index is 0.392. The van der Waals surface area contributed by atoms with E-state index in [1.165, 1.54) is 0 Å². The lowest BCUT2D eigenvalue weighted by Crippen LogP contribution is -2.08. The molecule has 0 aliphatic carbocycles. The number of ether oxygens (including phenoxy) is 1. The predicted octanol–water partition coefficient (Wildman–Crippen LogP) is 1.63. The van der Waals surface area contributed by atoms with Gasteiger partial charge in [-0.25, -0.2) is 15.0 Å². The van der Waals surface area contributed by atoms with Crippen molar-refractivity contribution in [1.29, 1.82) is 0 Å².